The first-order chi connectivity index (χ1) is 7.63. The smallest absolute Gasteiger partial charge is 0.286 e. The van der Waals surface area contributed by atoms with Gasteiger partial charge in [-0.25, -0.2) is 0 Å². The van der Waals surface area contributed by atoms with Gasteiger partial charge in [0.1, 0.15) is 4.90 Å². The summed E-state index contributed by atoms with van der Waals surface area (Å²) in [6.07, 6.45) is 5.10. The Morgan fingerprint density at radius 1 is 1.44 bits per heavy atom. The maximum atomic E-state index is 11.8. The highest BCUT2D eigenvalue weighted by molar-refractivity contribution is 8.15. The van der Waals surface area contributed by atoms with Crippen LogP contribution in [0.5, 0.6) is 0 Å². The SMILES string of the molecule is C#CCSC1=NS(=O)(=O)c2ccccc2N1. The molecular weight excluding hydrogens is 244 g/mol. The molecule has 4 nitrogen and oxygen atoms in total. The maximum absolute atomic E-state index is 11.8. The van der Waals surface area contributed by atoms with Crippen molar-refractivity contribution in [3.05, 3.63) is 24.3 Å². The van der Waals surface area contributed by atoms with E-state index in [0.29, 0.717) is 16.6 Å². The summed E-state index contributed by atoms with van der Waals surface area (Å²) in [6.45, 7) is 0. The fraction of sp³-hybridized carbons (Fsp3) is 0.100. The molecule has 0 saturated heterocycles. The molecule has 1 N–H and O–H groups in total. The van der Waals surface area contributed by atoms with Crippen molar-refractivity contribution in [2.75, 3.05) is 11.1 Å². The summed E-state index contributed by atoms with van der Waals surface area (Å²) in [7, 11) is -3.59. The van der Waals surface area contributed by atoms with Crippen molar-refractivity contribution < 1.29 is 8.42 Å². The first-order valence-electron chi connectivity index (χ1n) is 4.41. The van der Waals surface area contributed by atoms with E-state index in [1.54, 1.807) is 18.2 Å². The zero-order chi connectivity index (χ0) is 11.6. The van der Waals surface area contributed by atoms with Gasteiger partial charge >= 0.3 is 0 Å². The van der Waals surface area contributed by atoms with Gasteiger partial charge in [-0.15, -0.1) is 10.8 Å². The second-order valence-corrected chi connectivity index (χ2v) is 5.52. The summed E-state index contributed by atoms with van der Waals surface area (Å²) in [4.78, 5) is 0.194. The molecule has 1 aromatic rings. The average molecular weight is 252 g/mol. The van der Waals surface area contributed by atoms with Gasteiger partial charge in [0.15, 0.2) is 5.17 Å². The van der Waals surface area contributed by atoms with Crippen LogP contribution < -0.4 is 5.32 Å². The number of terminal acetylenes is 1. The summed E-state index contributed by atoms with van der Waals surface area (Å²) in [5, 5.41) is 3.24. The van der Waals surface area contributed by atoms with Crippen LogP contribution in [0.1, 0.15) is 0 Å². The highest BCUT2D eigenvalue weighted by Gasteiger charge is 2.23. The average Bonchev–Trinajstić information content (AvgIpc) is 2.25. The van der Waals surface area contributed by atoms with Gasteiger partial charge in [0.25, 0.3) is 10.0 Å². The minimum atomic E-state index is -3.59. The van der Waals surface area contributed by atoms with Crippen molar-refractivity contribution in [1.29, 1.82) is 0 Å². The number of fused-ring (bicyclic) bond motifs is 1. The van der Waals surface area contributed by atoms with Crippen LogP contribution >= 0.6 is 11.8 Å². The molecule has 1 aliphatic rings. The van der Waals surface area contributed by atoms with Gasteiger partial charge in [-0.3, -0.25) is 0 Å². The van der Waals surface area contributed by atoms with Gasteiger partial charge in [-0.2, -0.15) is 8.42 Å². The minimum Gasteiger partial charge on any atom is -0.333 e. The van der Waals surface area contributed by atoms with Crippen LogP contribution in [-0.4, -0.2) is 19.3 Å². The van der Waals surface area contributed by atoms with Crippen molar-refractivity contribution in [2.24, 2.45) is 4.40 Å². The Morgan fingerprint density at radius 3 is 2.94 bits per heavy atom. The Morgan fingerprint density at radius 2 is 2.19 bits per heavy atom. The van der Waals surface area contributed by atoms with Crippen molar-refractivity contribution >= 4 is 32.6 Å². The first kappa shape index (κ1) is 11.0. The zero-order valence-corrected chi connectivity index (χ0v) is 9.81. The van der Waals surface area contributed by atoms with E-state index in [9.17, 15) is 8.42 Å². The molecule has 0 spiro atoms. The van der Waals surface area contributed by atoms with E-state index in [-0.39, 0.29) is 4.90 Å². The number of anilines is 1. The van der Waals surface area contributed by atoms with Crippen molar-refractivity contribution in [3.8, 4) is 12.3 Å². The van der Waals surface area contributed by atoms with Gasteiger partial charge < -0.3 is 5.32 Å². The predicted molar refractivity (Wildman–Crippen MR) is 66.0 cm³/mol. The highest BCUT2D eigenvalue weighted by atomic mass is 32.2. The van der Waals surface area contributed by atoms with Gasteiger partial charge in [0.2, 0.25) is 0 Å². The van der Waals surface area contributed by atoms with Crippen LogP contribution in [0, 0.1) is 12.3 Å². The molecular formula is C10H8N2O2S2. The first-order valence-corrected chi connectivity index (χ1v) is 6.83. The third-order valence-electron chi connectivity index (χ3n) is 1.90. The second-order valence-electron chi connectivity index (χ2n) is 2.99. The molecule has 1 aliphatic heterocycles. The number of sulfonamides is 1. The fourth-order valence-electron chi connectivity index (χ4n) is 1.26. The Kier molecular flexibility index (Phi) is 2.90. The summed E-state index contributed by atoms with van der Waals surface area (Å²) in [5.74, 6) is 2.79. The van der Waals surface area contributed by atoms with Crippen LogP contribution in [0.15, 0.2) is 33.6 Å². The lowest BCUT2D eigenvalue weighted by molar-refractivity contribution is 0.598. The number of amidine groups is 1. The fourth-order valence-corrected chi connectivity index (χ4v) is 3.18. The summed E-state index contributed by atoms with van der Waals surface area (Å²) < 4.78 is 27.1. The predicted octanol–water partition coefficient (Wildman–Crippen LogP) is 1.52. The minimum absolute atomic E-state index is 0.194. The molecule has 16 heavy (non-hydrogen) atoms. The third kappa shape index (κ3) is 2.05. The van der Waals surface area contributed by atoms with Gasteiger partial charge in [-0.05, 0) is 12.1 Å². The van der Waals surface area contributed by atoms with Gasteiger partial charge in [-0.1, -0.05) is 29.8 Å². The topological polar surface area (TPSA) is 58.5 Å². The van der Waals surface area contributed by atoms with Crippen molar-refractivity contribution in [1.82, 2.24) is 0 Å². The zero-order valence-electron chi connectivity index (χ0n) is 8.17. The molecule has 82 valence electrons. The number of nitrogens with zero attached hydrogens (tertiary/aromatic N) is 1. The van der Waals surface area contributed by atoms with Crippen LogP contribution in [0.4, 0.5) is 5.69 Å². The molecule has 0 unspecified atom stereocenters. The Labute approximate surface area is 98.2 Å². The Bertz CT molecular complexity index is 585. The lowest BCUT2D eigenvalue weighted by atomic mass is 10.3. The third-order valence-corrected chi connectivity index (χ3v) is 4.13. The summed E-state index contributed by atoms with van der Waals surface area (Å²) in [5.41, 5.74) is 0.539. The molecule has 0 bridgehead atoms. The number of nitrogens with one attached hydrogen (secondary N) is 1. The number of para-hydroxylation sites is 1. The molecule has 0 aliphatic carbocycles. The van der Waals surface area contributed by atoms with Crippen LogP contribution in [0.25, 0.3) is 0 Å². The lowest BCUT2D eigenvalue weighted by Gasteiger charge is -2.16. The molecule has 0 radical (unpaired) electrons. The summed E-state index contributed by atoms with van der Waals surface area (Å²) >= 11 is 1.19. The van der Waals surface area contributed by atoms with Crippen LogP contribution in [-0.2, 0) is 10.0 Å². The summed E-state index contributed by atoms with van der Waals surface area (Å²) in [6, 6.07) is 6.63. The molecule has 0 amide bonds. The van der Waals surface area contributed by atoms with E-state index < -0.39 is 10.0 Å². The molecule has 2 rings (SSSR count). The van der Waals surface area contributed by atoms with E-state index in [2.05, 4.69) is 15.6 Å². The number of rotatable bonds is 1. The standard InChI is InChI=1S/C10H8N2O2S2/c1-2-7-15-10-11-8-5-3-4-6-9(8)16(13,14)12-10/h1,3-6H,7H2,(H,11,12). The van der Waals surface area contributed by atoms with Gasteiger partial charge in [0.05, 0.1) is 11.4 Å². The van der Waals surface area contributed by atoms with Crippen LogP contribution in [0.2, 0.25) is 0 Å². The largest absolute Gasteiger partial charge is 0.333 e. The lowest BCUT2D eigenvalue weighted by Crippen LogP contribution is -2.18. The Hall–Kier alpha value is -1.45. The van der Waals surface area contributed by atoms with E-state index in [0.717, 1.165) is 0 Å². The quantitative estimate of drug-likeness (QED) is 0.770. The van der Waals surface area contributed by atoms with E-state index >= 15 is 0 Å². The molecule has 1 heterocycles. The molecule has 0 fully saturated rings. The molecule has 0 aromatic heterocycles. The monoisotopic (exact) mass is 252 g/mol. The molecule has 0 saturated carbocycles. The van der Waals surface area contributed by atoms with Crippen LogP contribution in [0.3, 0.4) is 0 Å². The van der Waals surface area contributed by atoms with E-state index in [4.69, 9.17) is 6.42 Å². The molecule has 6 heteroatoms. The van der Waals surface area contributed by atoms with Gasteiger partial charge in [0, 0.05) is 0 Å². The second kappa shape index (κ2) is 4.20. The molecule has 0 atom stereocenters. The van der Waals surface area contributed by atoms with Crippen molar-refractivity contribution in [2.45, 2.75) is 4.90 Å². The number of hydrogen-bond donors (Lipinski definition) is 1. The number of hydrogen-bond acceptors (Lipinski definition) is 4. The highest BCUT2D eigenvalue weighted by Crippen LogP contribution is 2.28. The van der Waals surface area contributed by atoms with E-state index in [1.807, 2.05) is 0 Å². The maximum Gasteiger partial charge on any atom is 0.286 e. The number of benzene rings is 1. The molecule has 1 aromatic carbocycles. The Balaban J connectivity index is 2.41. The normalized spacial score (nSPS) is 16.6. The number of thioether (sulfide) groups is 1. The van der Waals surface area contributed by atoms with Crippen molar-refractivity contribution in [3.63, 3.8) is 0 Å². The van der Waals surface area contributed by atoms with E-state index in [1.165, 1.54) is 17.8 Å².